The van der Waals surface area contributed by atoms with Crippen LogP contribution in [0.25, 0.3) is 0 Å². The molecule has 2 aromatic rings. The van der Waals surface area contributed by atoms with E-state index in [-0.39, 0.29) is 18.4 Å². The smallest absolute Gasteiger partial charge is 0.224 e. The van der Waals surface area contributed by atoms with E-state index in [0.29, 0.717) is 23.3 Å². The number of likely N-dealkylation sites (N-methyl/N-ethyl adjacent to an activating group) is 1. The van der Waals surface area contributed by atoms with Crippen molar-refractivity contribution in [2.24, 2.45) is 0 Å². The van der Waals surface area contributed by atoms with E-state index >= 15 is 0 Å². The van der Waals surface area contributed by atoms with E-state index in [1.54, 1.807) is 21.3 Å². The number of hydrogen-bond acceptors (Lipinski definition) is 5. The van der Waals surface area contributed by atoms with Crippen molar-refractivity contribution >= 4 is 17.5 Å². The maximum atomic E-state index is 12.9. The number of methoxy groups -OCH3 is 3. The van der Waals surface area contributed by atoms with Crippen LogP contribution in [0.1, 0.15) is 36.8 Å². The number of benzene rings is 2. The first-order chi connectivity index (χ1) is 15.9. The first kappa shape index (κ1) is 25.2. The van der Waals surface area contributed by atoms with Crippen LogP contribution in [0.3, 0.4) is 0 Å². The Morgan fingerprint density at radius 3 is 2.30 bits per heavy atom. The van der Waals surface area contributed by atoms with Gasteiger partial charge in [0.05, 0.1) is 27.8 Å². The molecule has 33 heavy (non-hydrogen) atoms. The summed E-state index contributed by atoms with van der Waals surface area (Å²) in [5.74, 6) is 1.65. The zero-order chi connectivity index (χ0) is 23.8. The minimum atomic E-state index is 0.00994. The molecule has 0 bridgehead atoms. The molecule has 3 rings (SSSR count). The molecule has 0 unspecified atom stereocenters. The molecular formula is C26H35ClN2O4. The number of rotatable bonds is 11. The summed E-state index contributed by atoms with van der Waals surface area (Å²) in [7, 11) is 6.88. The number of nitrogens with one attached hydrogen (secondary N) is 1. The summed E-state index contributed by atoms with van der Waals surface area (Å²) in [6.07, 6.45) is 5.59. The highest BCUT2D eigenvalue weighted by Crippen LogP contribution is 2.38. The maximum Gasteiger partial charge on any atom is 0.224 e. The number of hydrogen-bond donors (Lipinski definition) is 1. The van der Waals surface area contributed by atoms with Gasteiger partial charge in [-0.1, -0.05) is 23.7 Å². The molecule has 1 N–H and O–H groups in total. The summed E-state index contributed by atoms with van der Waals surface area (Å²) in [6.45, 7) is 0.993. The van der Waals surface area contributed by atoms with Gasteiger partial charge in [0.1, 0.15) is 0 Å². The molecule has 2 atom stereocenters. The molecule has 1 fully saturated rings. The van der Waals surface area contributed by atoms with Gasteiger partial charge < -0.3 is 24.4 Å². The molecule has 0 heterocycles. The molecular weight excluding hydrogens is 440 g/mol. The van der Waals surface area contributed by atoms with Gasteiger partial charge in [-0.15, -0.1) is 0 Å². The van der Waals surface area contributed by atoms with Gasteiger partial charge in [-0.2, -0.15) is 0 Å². The summed E-state index contributed by atoms with van der Waals surface area (Å²) in [5.41, 5.74) is 2.13. The fraction of sp³-hybridized carbons (Fsp3) is 0.500. The fourth-order valence-corrected chi connectivity index (χ4v) is 4.79. The van der Waals surface area contributed by atoms with Gasteiger partial charge in [0.25, 0.3) is 0 Å². The summed E-state index contributed by atoms with van der Waals surface area (Å²) in [4.78, 5) is 15.3. The zero-order valence-electron chi connectivity index (χ0n) is 20.0. The Labute approximate surface area is 202 Å². The van der Waals surface area contributed by atoms with Gasteiger partial charge in [-0.05, 0) is 81.1 Å². The third-order valence-corrected chi connectivity index (χ3v) is 6.62. The highest BCUT2D eigenvalue weighted by Gasteiger charge is 2.31. The number of aryl methyl sites for hydroxylation is 1. The third-order valence-electron chi connectivity index (χ3n) is 6.37. The first-order valence-corrected chi connectivity index (χ1v) is 11.9. The molecule has 1 amide bonds. The maximum absolute atomic E-state index is 12.9. The SMILES string of the molecule is COc1cc(CC(=O)N[C@@H]2CCC[C@H]2N(C)CCCc2ccc(Cl)cc2)cc(OC)c1OC. The molecule has 1 saturated carbocycles. The Morgan fingerprint density at radius 2 is 1.70 bits per heavy atom. The van der Waals surface area contributed by atoms with E-state index in [4.69, 9.17) is 25.8 Å². The average Bonchev–Trinajstić information content (AvgIpc) is 3.27. The van der Waals surface area contributed by atoms with Crippen molar-refractivity contribution in [3.63, 3.8) is 0 Å². The molecule has 0 saturated heterocycles. The summed E-state index contributed by atoms with van der Waals surface area (Å²) < 4.78 is 16.2. The molecule has 0 spiro atoms. The highest BCUT2D eigenvalue weighted by molar-refractivity contribution is 6.30. The Kier molecular flexibility index (Phi) is 9.27. The van der Waals surface area contributed by atoms with Crippen LogP contribution in [-0.4, -0.2) is 57.8 Å². The number of nitrogens with zero attached hydrogens (tertiary/aromatic N) is 1. The third kappa shape index (κ3) is 6.78. The van der Waals surface area contributed by atoms with Crippen molar-refractivity contribution in [3.05, 3.63) is 52.5 Å². The lowest BCUT2D eigenvalue weighted by Gasteiger charge is -2.30. The minimum absolute atomic E-state index is 0.00994. The van der Waals surface area contributed by atoms with Gasteiger partial charge in [-0.3, -0.25) is 4.79 Å². The Morgan fingerprint density at radius 1 is 1.03 bits per heavy atom. The van der Waals surface area contributed by atoms with Gasteiger partial charge in [0.15, 0.2) is 11.5 Å². The Bertz CT molecular complexity index is 894. The standard InChI is InChI=1S/C26H35ClN2O4/c1-29(14-6-7-18-10-12-20(27)13-11-18)22-9-5-8-21(22)28-25(30)17-19-15-23(31-2)26(33-4)24(16-19)32-3/h10-13,15-16,21-22H,5-9,14,17H2,1-4H3,(H,28,30)/t21-,22-/m1/s1. The molecule has 180 valence electrons. The number of halogens is 1. The van der Waals surface area contributed by atoms with E-state index < -0.39 is 0 Å². The average molecular weight is 475 g/mol. The summed E-state index contributed by atoms with van der Waals surface area (Å²) in [6, 6.07) is 12.2. The highest BCUT2D eigenvalue weighted by atomic mass is 35.5. The van der Waals surface area contributed by atoms with Crippen molar-refractivity contribution in [2.45, 2.75) is 50.6 Å². The van der Waals surface area contributed by atoms with Gasteiger partial charge in [0.2, 0.25) is 11.7 Å². The molecule has 0 radical (unpaired) electrons. The number of amides is 1. The largest absolute Gasteiger partial charge is 0.493 e. The molecule has 2 aromatic carbocycles. The van der Waals surface area contributed by atoms with Crippen LogP contribution in [-0.2, 0) is 17.6 Å². The summed E-state index contributed by atoms with van der Waals surface area (Å²) in [5, 5.41) is 4.04. The van der Waals surface area contributed by atoms with Crippen LogP contribution in [0.2, 0.25) is 5.02 Å². The van der Waals surface area contributed by atoms with Crippen LogP contribution < -0.4 is 19.5 Å². The van der Waals surface area contributed by atoms with E-state index in [1.807, 2.05) is 24.3 Å². The first-order valence-electron chi connectivity index (χ1n) is 11.5. The topological polar surface area (TPSA) is 60.0 Å². The minimum Gasteiger partial charge on any atom is -0.493 e. The van der Waals surface area contributed by atoms with E-state index in [2.05, 4.69) is 29.4 Å². The normalized spacial score (nSPS) is 17.8. The van der Waals surface area contributed by atoms with Crippen LogP contribution in [0, 0.1) is 0 Å². The summed E-state index contributed by atoms with van der Waals surface area (Å²) >= 11 is 5.97. The lowest BCUT2D eigenvalue weighted by molar-refractivity contribution is -0.121. The second kappa shape index (κ2) is 12.1. The molecule has 6 nitrogen and oxygen atoms in total. The molecule has 0 aromatic heterocycles. The second-order valence-electron chi connectivity index (χ2n) is 8.59. The molecule has 1 aliphatic carbocycles. The van der Waals surface area contributed by atoms with E-state index in [9.17, 15) is 4.79 Å². The monoisotopic (exact) mass is 474 g/mol. The van der Waals surface area contributed by atoms with Crippen molar-refractivity contribution in [1.29, 1.82) is 0 Å². The quantitative estimate of drug-likeness (QED) is 0.519. The van der Waals surface area contributed by atoms with Crippen molar-refractivity contribution in [3.8, 4) is 17.2 Å². The predicted molar refractivity (Wildman–Crippen MR) is 132 cm³/mol. The van der Waals surface area contributed by atoms with Crippen LogP contribution in [0.4, 0.5) is 0 Å². The lowest BCUT2D eigenvalue weighted by Crippen LogP contribution is -2.48. The van der Waals surface area contributed by atoms with E-state index in [0.717, 1.165) is 49.2 Å². The second-order valence-corrected chi connectivity index (χ2v) is 9.03. The van der Waals surface area contributed by atoms with Crippen molar-refractivity contribution in [1.82, 2.24) is 10.2 Å². The van der Waals surface area contributed by atoms with Crippen molar-refractivity contribution < 1.29 is 19.0 Å². The zero-order valence-corrected chi connectivity index (χ0v) is 20.8. The van der Waals surface area contributed by atoms with Gasteiger partial charge in [-0.25, -0.2) is 0 Å². The molecule has 1 aliphatic rings. The molecule has 0 aliphatic heterocycles. The predicted octanol–water partition coefficient (Wildman–Crippen LogP) is 4.51. The van der Waals surface area contributed by atoms with Crippen LogP contribution in [0.15, 0.2) is 36.4 Å². The number of carbonyl (C=O) groups is 1. The van der Waals surface area contributed by atoms with E-state index in [1.165, 1.54) is 5.56 Å². The van der Waals surface area contributed by atoms with Crippen molar-refractivity contribution in [2.75, 3.05) is 34.9 Å². The molecule has 7 heteroatoms. The fourth-order valence-electron chi connectivity index (χ4n) is 4.67. The lowest BCUT2D eigenvalue weighted by atomic mass is 10.1. The van der Waals surface area contributed by atoms with Gasteiger partial charge >= 0.3 is 0 Å². The van der Waals surface area contributed by atoms with Gasteiger partial charge in [0, 0.05) is 17.1 Å². The van der Waals surface area contributed by atoms with Crippen LogP contribution in [0.5, 0.6) is 17.2 Å². The number of carbonyl (C=O) groups excluding carboxylic acids is 1. The Hall–Kier alpha value is -2.44. The van der Waals surface area contributed by atoms with Crippen LogP contribution >= 0.6 is 11.6 Å². The Balaban J connectivity index is 1.54. The number of ether oxygens (including phenoxy) is 3.